The average Bonchev–Trinajstić information content (AvgIpc) is 1.82. The molecule has 0 N–H and O–H groups in total. The zero-order valence-electron chi connectivity index (χ0n) is 5.76. The molecule has 3 nitrogen and oxygen atoms in total. The molecule has 1 aromatic rings. The van der Waals surface area contributed by atoms with Gasteiger partial charge in [-0.3, -0.25) is 4.79 Å². The zero-order valence-corrected chi connectivity index (χ0v) is 7.34. The summed E-state index contributed by atoms with van der Waals surface area (Å²) in [5, 5.41) is 3.91. The molecule has 0 saturated carbocycles. The van der Waals surface area contributed by atoms with Crippen molar-refractivity contribution >= 4 is 15.9 Å². The maximum absolute atomic E-state index is 11.0. The molecule has 0 aliphatic heterocycles. The molecule has 0 unspecified atom stereocenters. The molecular weight excluding hydrogens is 196 g/mol. The maximum atomic E-state index is 11.0. The first kappa shape index (κ1) is 7.47. The summed E-state index contributed by atoms with van der Waals surface area (Å²) >= 11 is 3.12. The Labute approximate surface area is 66.8 Å². The van der Waals surface area contributed by atoms with Crippen molar-refractivity contribution in [2.45, 2.75) is 6.92 Å². The van der Waals surface area contributed by atoms with Crippen molar-refractivity contribution in [3.63, 3.8) is 0 Å². The molecule has 0 spiro atoms. The highest BCUT2D eigenvalue weighted by atomic mass is 79.9. The molecule has 0 aromatic carbocycles. The number of nitrogens with zero attached hydrogens (tertiary/aromatic N) is 2. The molecule has 1 rings (SSSR count). The largest absolute Gasteiger partial charge is 0.280 e. The third kappa shape index (κ3) is 1.26. The maximum Gasteiger partial charge on any atom is 0.280 e. The van der Waals surface area contributed by atoms with E-state index < -0.39 is 0 Å². The lowest BCUT2D eigenvalue weighted by molar-refractivity contribution is 0.688. The Hall–Kier alpha value is -0.640. The number of aromatic nitrogens is 2. The van der Waals surface area contributed by atoms with Crippen LogP contribution in [0.2, 0.25) is 0 Å². The predicted molar refractivity (Wildman–Crippen MR) is 41.9 cm³/mol. The van der Waals surface area contributed by atoms with Crippen LogP contribution in [0.25, 0.3) is 0 Å². The second-order valence-electron chi connectivity index (χ2n) is 2.06. The van der Waals surface area contributed by atoms with E-state index in [4.69, 9.17) is 0 Å². The first-order valence-corrected chi connectivity index (χ1v) is 3.61. The van der Waals surface area contributed by atoms with Crippen LogP contribution in [-0.2, 0) is 7.05 Å². The molecular formula is C6H7BrN2O. The minimum atomic E-state index is -0.106. The van der Waals surface area contributed by atoms with E-state index >= 15 is 0 Å². The van der Waals surface area contributed by atoms with E-state index in [2.05, 4.69) is 21.0 Å². The van der Waals surface area contributed by atoms with Gasteiger partial charge in [0.2, 0.25) is 0 Å². The lowest BCUT2D eigenvalue weighted by Crippen LogP contribution is -2.20. The molecule has 0 aliphatic rings. The monoisotopic (exact) mass is 202 g/mol. The van der Waals surface area contributed by atoms with Crippen LogP contribution in [0.5, 0.6) is 0 Å². The summed E-state index contributed by atoms with van der Waals surface area (Å²) in [6.07, 6.45) is 0. The van der Waals surface area contributed by atoms with Gasteiger partial charge in [-0.25, -0.2) is 4.68 Å². The zero-order chi connectivity index (χ0) is 7.72. The molecule has 0 fully saturated rings. The third-order valence-electron chi connectivity index (χ3n) is 1.14. The Morgan fingerprint density at radius 1 is 1.70 bits per heavy atom. The van der Waals surface area contributed by atoms with E-state index in [-0.39, 0.29) is 5.56 Å². The van der Waals surface area contributed by atoms with E-state index in [1.54, 1.807) is 13.1 Å². The summed E-state index contributed by atoms with van der Waals surface area (Å²) in [5.74, 6) is 0. The molecule has 0 amide bonds. The molecule has 1 aromatic heterocycles. The van der Waals surface area contributed by atoms with Gasteiger partial charge in [-0.1, -0.05) is 0 Å². The number of hydrogen-bond donors (Lipinski definition) is 0. The first-order valence-electron chi connectivity index (χ1n) is 2.81. The fraction of sp³-hybridized carbons (Fsp3) is 0.333. The normalized spacial score (nSPS) is 9.90. The van der Waals surface area contributed by atoms with Crippen LogP contribution in [-0.4, -0.2) is 9.78 Å². The third-order valence-corrected chi connectivity index (χ3v) is 1.71. The number of hydrogen-bond acceptors (Lipinski definition) is 2. The van der Waals surface area contributed by atoms with Crippen molar-refractivity contribution in [2.24, 2.45) is 7.05 Å². The minimum Gasteiger partial charge on any atom is -0.267 e. The van der Waals surface area contributed by atoms with Gasteiger partial charge < -0.3 is 0 Å². The van der Waals surface area contributed by atoms with Gasteiger partial charge in [0.15, 0.2) is 0 Å². The van der Waals surface area contributed by atoms with Gasteiger partial charge in [0.05, 0.1) is 10.2 Å². The van der Waals surface area contributed by atoms with Crippen molar-refractivity contribution < 1.29 is 0 Å². The molecule has 0 aliphatic carbocycles. The van der Waals surface area contributed by atoms with Gasteiger partial charge in [0.25, 0.3) is 5.56 Å². The molecule has 54 valence electrons. The van der Waals surface area contributed by atoms with Gasteiger partial charge in [0.1, 0.15) is 0 Å². The van der Waals surface area contributed by atoms with Crippen molar-refractivity contribution in [3.8, 4) is 0 Å². The quantitative estimate of drug-likeness (QED) is 0.626. The van der Waals surface area contributed by atoms with Crippen molar-refractivity contribution in [1.82, 2.24) is 9.78 Å². The van der Waals surface area contributed by atoms with Gasteiger partial charge in [-0.2, -0.15) is 5.10 Å². The minimum absolute atomic E-state index is 0.106. The Bertz CT molecular complexity index is 279. The number of aryl methyl sites for hydroxylation is 2. The second-order valence-corrected chi connectivity index (χ2v) is 2.92. The molecule has 4 heteroatoms. The van der Waals surface area contributed by atoms with Crippen LogP contribution in [0.4, 0.5) is 0 Å². The lowest BCUT2D eigenvalue weighted by atomic mass is 10.4. The summed E-state index contributed by atoms with van der Waals surface area (Å²) in [7, 11) is 1.63. The fourth-order valence-corrected chi connectivity index (χ4v) is 1.30. The van der Waals surface area contributed by atoms with Gasteiger partial charge in [-0.05, 0) is 28.9 Å². The summed E-state index contributed by atoms with van der Waals surface area (Å²) in [6, 6.07) is 1.70. The molecule has 0 bridgehead atoms. The van der Waals surface area contributed by atoms with E-state index in [0.717, 1.165) is 5.69 Å². The molecule has 10 heavy (non-hydrogen) atoms. The Balaban J connectivity index is 3.46. The highest BCUT2D eigenvalue weighted by Gasteiger charge is 1.97. The van der Waals surface area contributed by atoms with E-state index in [1.807, 2.05) is 6.92 Å². The van der Waals surface area contributed by atoms with Crippen LogP contribution in [0.1, 0.15) is 5.69 Å². The van der Waals surface area contributed by atoms with Crippen molar-refractivity contribution in [1.29, 1.82) is 0 Å². The van der Waals surface area contributed by atoms with Crippen molar-refractivity contribution in [3.05, 3.63) is 26.6 Å². The standard InChI is InChI=1S/C6H7BrN2O/c1-4-3-5(7)6(10)9(2)8-4/h3H,1-2H3. The number of halogens is 1. The van der Waals surface area contributed by atoms with Crippen LogP contribution in [0.3, 0.4) is 0 Å². The van der Waals surface area contributed by atoms with Crippen LogP contribution in [0.15, 0.2) is 15.3 Å². The SMILES string of the molecule is Cc1cc(Br)c(=O)n(C)n1. The van der Waals surface area contributed by atoms with Gasteiger partial charge >= 0.3 is 0 Å². The first-order chi connectivity index (χ1) is 4.61. The molecule has 1 heterocycles. The molecule has 0 atom stereocenters. The lowest BCUT2D eigenvalue weighted by Gasteiger charge is -1.97. The summed E-state index contributed by atoms with van der Waals surface area (Å²) < 4.78 is 1.86. The fourth-order valence-electron chi connectivity index (χ4n) is 0.711. The summed E-state index contributed by atoms with van der Waals surface area (Å²) in [5.41, 5.74) is 0.722. The van der Waals surface area contributed by atoms with Crippen molar-refractivity contribution in [2.75, 3.05) is 0 Å². The van der Waals surface area contributed by atoms with Gasteiger partial charge in [0, 0.05) is 7.05 Å². The topological polar surface area (TPSA) is 34.9 Å². The number of rotatable bonds is 0. The van der Waals surface area contributed by atoms with E-state index in [9.17, 15) is 4.79 Å². The molecule has 0 radical (unpaired) electrons. The van der Waals surface area contributed by atoms with Crippen LogP contribution >= 0.6 is 15.9 Å². The second kappa shape index (κ2) is 2.54. The highest BCUT2D eigenvalue weighted by Crippen LogP contribution is 2.01. The Kier molecular flexibility index (Phi) is 1.89. The van der Waals surface area contributed by atoms with Crippen LogP contribution in [0, 0.1) is 6.92 Å². The average molecular weight is 203 g/mol. The summed E-state index contributed by atoms with van der Waals surface area (Å²) in [4.78, 5) is 11.0. The predicted octanol–water partition coefficient (Wildman–Crippen LogP) is 0.851. The van der Waals surface area contributed by atoms with Gasteiger partial charge in [-0.15, -0.1) is 0 Å². The smallest absolute Gasteiger partial charge is 0.267 e. The Morgan fingerprint density at radius 2 is 2.30 bits per heavy atom. The van der Waals surface area contributed by atoms with E-state index in [0.29, 0.717) is 4.47 Å². The molecule has 0 saturated heterocycles. The summed E-state index contributed by atoms with van der Waals surface area (Å²) in [6.45, 7) is 1.84. The Morgan fingerprint density at radius 3 is 2.80 bits per heavy atom. The van der Waals surface area contributed by atoms with E-state index in [1.165, 1.54) is 4.68 Å². The van der Waals surface area contributed by atoms with Crippen LogP contribution < -0.4 is 5.56 Å². The highest BCUT2D eigenvalue weighted by molar-refractivity contribution is 9.10.